The van der Waals surface area contributed by atoms with Crippen molar-refractivity contribution in [2.75, 3.05) is 0 Å². The summed E-state index contributed by atoms with van der Waals surface area (Å²) in [4.78, 5) is 0. The second-order valence-corrected chi connectivity index (χ2v) is 28.6. The zero-order valence-corrected chi connectivity index (χ0v) is 55.2. The van der Waals surface area contributed by atoms with Gasteiger partial charge in [-0.15, -0.1) is 0 Å². The lowest BCUT2D eigenvalue weighted by Crippen LogP contribution is -2.63. The van der Waals surface area contributed by atoms with Gasteiger partial charge in [-0.05, 0) is 197 Å². The van der Waals surface area contributed by atoms with Gasteiger partial charge in [-0.2, -0.15) is 0 Å². The molecule has 13 aromatic rings. The first-order valence-corrected chi connectivity index (χ1v) is 34.2. The van der Waals surface area contributed by atoms with Crippen LogP contribution in [-0.2, 0) is 0 Å². The van der Waals surface area contributed by atoms with Crippen molar-refractivity contribution in [3.63, 3.8) is 0 Å². The van der Waals surface area contributed by atoms with Crippen LogP contribution in [0, 0.1) is 0 Å². The number of nitrogens with zero attached hydrogens (tertiary/aromatic N) is 2. The Morgan fingerprint density at radius 2 is 0.609 bits per heavy atom. The van der Waals surface area contributed by atoms with Gasteiger partial charge in [-0.25, -0.2) is 0 Å². The number of fused-ring (bicyclic) bond motifs is 16. The van der Waals surface area contributed by atoms with Gasteiger partial charge >= 0.3 is 0 Å². The lowest BCUT2D eigenvalue weighted by Gasteiger charge is -2.41. The van der Waals surface area contributed by atoms with Crippen molar-refractivity contribution in [1.82, 2.24) is 9.13 Å². The number of rotatable bonds is 12. The molecule has 2 unspecified atom stereocenters. The third-order valence-corrected chi connectivity index (χ3v) is 22.0. The second kappa shape index (κ2) is 21.2. The summed E-state index contributed by atoms with van der Waals surface area (Å²) in [5.41, 5.74) is 31.9. The number of benzene rings is 11. The van der Waals surface area contributed by atoms with E-state index in [1.165, 1.54) is 132 Å². The molecule has 0 bridgehead atoms. The monoisotopic (exact) mass is 1190 g/mol. The average Bonchev–Trinajstić information content (AvgIpc) is 1.29. The highest BCUT2D eigenvalue weighted by Gasteiger charge is 2.51. The largest absolute Gasteiger partial charge is 0.456 e. The Morgan fingerprint density at radius 3 is 0.935 bits per heavy atom. The fourth-order valence-corrected chi connectivity index (χ4v) is 16.1. The quantitative estimate of drug-likeness (QED) is 0.114. The molecule has 0 aliphatic carbocycles. The Balaban J connectivity index is 1.03. The Hall–Kier alpha value is -9.25. The number of hydrogen-bond donors (Lipinski definition) is 0. The molecular weight excluding hydrogens is 1110 g/mol. The molecule has 0 N–H and O–H groups in total. The van der Waals surface area contributed by atoms with Crippen LogP contribution >= 0.6 is 0 Å². The maximum absolute atomic E-state index is 8.01. The molecule has 0 saturated carbocycles. The van der Waals surface area contributed by atoms with E-state index in [1.807, 2.05) is 0 Å². The molecule has 11 aromatic carbocycles. The Kier molecular flexibility index (Phi) is 13.0. The predicted molar refractivity (Wildman–Crippen MR) is 393 cm³/mol. The molecule has 0 saturated heterocycles. The smallest absolute Gasteiger partial charge is 0.256 e. The van der Waals surface area contributed by atoms with E-state index in [2.05, 4.69) is 286 Å². The van der Waals surface area contributed by atoms with E-state index in [9.17, 15) is 0 Å². The summed E-state index contributed by atoms with van der Waals surface area (Å²) in [6.45, 7) is 27.2. The zero-order valence-electron chi connectivity index (χ0n) is 55.2. The van der Waals surface area contributed by atoms with Gasteiger partial charge in [0.25, 0.3) is 13.4 Å². The standard InChI is InChI=1S/C86H78B2N2O2/c1-13-51(11)61-33-37-77-71(43-61)87-73-45-65(59-27-19-55(20-28-59)49(7)8)41-69-67-39-63(57-23-15-53(16-24-57)47(3)4)31-35-75(67)89(81(69)73)83-79(87)85(91-77)84-80-86(83)92-78-38-34-62(52(12)14-2)44-72(78)88(80)74-46-66(60-29-21-56(22-30-60)50(9)10)42-70-68-40-64(32-36-76(68)90(84)82(70)74)58-25-17-54(18-26-58)48(5)6/h15-52H,13-14H2,1-12H3. The fraction of sp³-hybridized carbons (Fsp3) is 0.233. The van der Waals surface area contributed by atoms with Gasteiger partial charge in [0.05, 0.1) is 22.4 Å². The molecule has 450 valence electrons. The SMILES string of the molecule is CCC(C)c1ccc2c(c1)B1c3c(c4c5c(c3-n3c6ccc(-c7ccc(C(C)C)cc7)cc6c6cc(-c7ccc(C(C)C)cc7)cc1c63)Oc1ccc(C(C)CC)cc1B5c1cc(-c3ccc(C(C)C)cc3)cc3c5cc(-c6ccc(C(C)C)cc6)ccc5n-4c13)O2. The Bertz CT molecular complexity index is 4890. The van der Waals surface area contributed by atoms with Crippen molar-refractivity contribution in [2.45, 2.75) is 131 Å². The van der Waals surface area contributed by atoms with Crippen LogP contribution in [-0.4, -0.2) is 22.6 Å². The van der Waals surface area contributed by atoms with Gasteiger partial charge < -0.3 is 18.6 Å². The first kappa shape index (κ1) is 56.7. The van der Waals surface area contributed by atoms with Crippen LogP contribution in [0.2, 0.25) is 0 Å². The molecule has 4 aliphatic rings. The van der Waals surface area contributed by atoms with Crippen LogP contribution in [0.25, 0.3) is 99.5 Å². The molecule has 6 heteroatoms. The summed E-state index contributed by atoms with van der Waals surface area (Å²) in [5.74, 6) is 6.08. The maximum Gasteiger partial charge on any atom is 0.256 e. The summed E-state index contributed by atoms with van der Waals surface area (Å²) >= 11 is 0. The molecule has 6 heterocycles. The summed E-state index contributed by atoms with van der Waals surface area (Å²) < 4.78 is 21.2. The zero-order chi connectivity index (χ0) is 62.9. The number of hydrogen-bond acceptors (Lipinski definition) is 2. The van der Waals surface area contributed by atoms with Gasteiger partial charge in [-0.1, -0.05) is 229 Å². The Labute approximate surface area is 543 Å². The average molecular weight is 1190 g/mol. The highest BCUT2D eigenvalue weighted by atomic mass is 16.5. The molecule has 0 fully saturated rings. The predicted octanol–water partition coefficient (Wildman–Crippen LogP) is 19.9. The second-order valence-electron chi connectivity index (χ2n) is 28.6. The topological polar surface area (TPSA) is 28.3 Å². The van der Waals surface area contributed by atoms with Crippen molar-refractivity contribution in [1.29, 1.82) is 0 Å². The number of aromatic nitrogens is 2. The third-order valence-electron chi connectivity index (χ3n) is 22.0. The first-order chi connectivity index (χ1) is 44.6. The molecule has 2 aromatic heterocycles. The molecule has 2 atom stereocenters. The fourth-order valence-electron chi connectivity index (χ4n) is 16.1. The van der Waals surface area contributed by atoms with Crippen LogP contribution in [0.5, 0.6) is 23.0 Å². The minimum atomic E-state index is -0.210. The minimum absolute atomic E-state index is 0.210. The van der Waals surface area contributed by atoms with Crippen LogP contribution in [0.4, 0.5) is 0 Å². The van der Waals surface area contributed by atoms with E-state index in [-0.39, 0.29) is 13.4 Å². The Morgan fingerprint density at radius 1 is 0.304 bits per heavy atom. The molecule has 4 aliphatic heterocycles. The van der Waals surface area contributed by atoms with Gasteiger partial charge in [0, 0.05) is 43.5 Å². The van der Waals surface area contributed by atoms with Gasteiger partial charge in [-0.3, -0.25) is 0 Å². The van der Waals surface area contributed by atoms with Gasteiger partial charge in [0.2, 0.25) is 0 Å². The molecule has 17 rings (SSSR count). The third kappa shape index (κ3) is 8.44. The minimum Gasteiger partial charge on any atom is -0.456 e. The van der Waals surface area contributed by atoms with E-state index in [0.29, 0.717) is 35.5 Å². The molecule has 92 heavy (non-hydrogen) atoms. The van der Waals surface area contributed by atoms with E-state index in [4.69, 9.17) is 9.47 Å². The van der Waals surface area contributed by atoms with Crippen LogP contribution in [0.1, 0.15) is 165 Å². The molecule has 4 nitrogen and oxygen atoms in total. The van der Waals surface area contributed by atoms with Crippen LogP contribution < -0.4 is 42.3 Å². The lowest BCUT2D eigenvalue weighted by atomic mass is 9.31. The number of ether oxygens (including phenoxy) is 2. The highest BCUT2D eigenvalue weighted by molar-refractivity contribution is 7.02. The van der Waals surface area contributed by atoms with Crippen molar-refractivity contribution in [3.8, 4) is 78.9 Å². The summed E-state index contributed by atoms with van der Waals surface area (Å²) in [7, 11) is 0. The van der Waals surface area contributed by atoms with Crippen molar-refractivity contribution in [3.05, 3.63) is 228 Å². The van der Waals surface area contributed by atoms with E-state index >= 15 is 0 Å². The first-order valence-electron chi connectivity index (χ1n) is 34.2. The summed E-state index contributed by atoms with van der Waals surface area (Å²) in [6, 6.07) is 76.0. The summed E-state index contributed by atoms with van der Waals surface area (Å²) in [6.07, 6.45) is 2.07. The molecule has 0 spiro atoms. The molecule has 0 radical (unpaired) electrons. The van der Waals surface area contributed by atoms with E-state index < -0.39 is 0 Å². The lowest BCUT2D eigenvalue weighted by molar-refractivity contribution is 0.472. The van der Waals surface area contributed by atoms with Crippen molar-refractivity contribution >= 4 is 89.8 Å². The van der Waals surface area contributed by atoms with Crippen molar-refractivity contribution < 1.29 is 9.47 Å². The summed E-state index contributed by atoms with van der Waals surface area (Å²) in [5, 5.41) is 4.91. The van der Waals surface area contributed by atoms with E-state index in [1.54, 1.807) is 0 Å². The normalized spacial score (nSPS) is 14.0. The molecule has 0 amide bonds. The van der Waals surface area contributed by atoms with E-state index in [0.717, 1.165) is 69.2 Å². The molecular formula is C86H78B2N2O2. The van der Waals surface area contributed by atoms with Crippen LogP contribution in [0.3, 0.4) is 0 Å². The van der Waals surface area contributed by atoms with Gasteiger partial charge in [0.1, 0.15) is 23.0 Å². The van der Waals surface area contributed by atoms with Crippen LogP contribution in [0.15, 0.2) is 194 Å². The highest BCUT2D eigenvalue weighted by Crippen LogP contribution is 2.50. The maximum atomic E-state index is 8.01. The van der Waals surface area contributed by atoms with Gasteiger partial charge in [0.15, 0.2) is 0 Å². The van der Waals surface area contributed by atoms with Crippen molar-refractivity contribution in [2.24, 2.45) is 0 Å².